The number of nitriles is 1. The van der Waals surface area contributed by atoms with E-state index in [2.05, 4.69) is 9.97 Å². The van der Waals surface area contributed by atoms with Crippen molar-refractivity contribution in [1.82, 2.24) is 14.9 Å². The van der Waals surface area contributed by atoms with Crippen molar-refractivity contribution >= 4 is 5.91 Å². The van der Waals surface area contributed by atoms with Crippen LogP contribution in [0.2, 0.25) is 0 Å². The maximum atomic E-state index is 12.1. The molecule has 3 rings (SSSR count). The van der Waals surface area contributed by atoms with Gasteiger partial charge in [-0.2, -0.15) is 5.26 Å². The first-order valence-electron chi connectivity index (χ1n) is 6.49. The molecule has 0 unspecified atom stereocenters. The zero-order valence-electron chi connectivity index (χ0n) is 11.1. The summed E-state index contributed by atoms with van der Waals surface area (Å²) in [6.45, 7) is 1.02. The van der Waals surface area contributed by atoms with E-state index in [0.29, 0.717) is 30.2 Å². The van der Waals surface area contributed by atoms with Crippen molar-refractivity contribution in [3.63, 3.8) is 0 Å². The zero-order chi connectivity index (χ0) is 14.7. The molecule has 0 aliphatic carbocycles. The smallest absolute Gasteiger partial charge is 0.272 e. The summed E-state index contributed by atoms with van der Waals surface area (Å²) >= 11 is 0. The minimum absolute atomic E-state index is 0.0712. The molecule has 1 amide bonds. The summed E-state index contributed by atoms with van der Waals surface area (Å²) in [4.78, 5) is 21.8. The second-order valence-corrected chi connectivity index (χ2v) is 4.66. The molecule has 0 N–H and O–H groups in total. The maximum absolute atomic E-state index is 12.1. The number of rotatable bonds is 3. The standard InChI is InChI=1S/C15H12N4O2/c16-7-11-4-5-14(18-8-11)21-12-9-19(10-12)15(20)13-3-1-2-6-17-13/h1-6,8,12H,9-10H2. The quantitative estimate of drug-likeness (QED) is 0.845. The van der Waals surface area contributed by atoms with Gasteiger partial charge in [-0.3, -0.25) is 9.78 Å². The van der Waals surface area contributed by atoms with E-state index >= 15 is 0 Å². The van der Waals surface area contributed by atoms with Crippen molar-refractivity contribution in [2.45, 2.75) is 6.10 Å². The Balaban J connectivity index is 1.54. The monoisotopic (exact) mass is 280 g/mol. The highest BCUT2D eigenvalue weighted by Gasteiger charge is 2.33. The van der Waals surface area contributed by atoms with Gasteiger partial charge in [-0.25, -0.2) is 4.98 Å². The fourth-order valence-electron chi connectivity index (χ4n) is 2.02. The van der Waals surface area contributed by atoms with Crippen LogP contribution in [-0.4, -0.2) is 40.0 Å². The van der Waals surface area contributed by atoms with Crippen LogP contribution in [0.1, 0.15) is 16.1 Å². The van der Waals surface area contributed by atoms with E-state index in [-0.39, 0.29) is 12.0 Å². The molecular formula is C15H12N4O2. The molecule has 0 aromatic carbocycles. The maximum Gasteiger partial charge on any atom is 0.272 e. The number of carbonyl (C=O) groups is 1. The van der Waals surface area contributed by atoms with Crippen molar-refractivity contribution in [2.24, 2.45) is 0 Å². The SMILES string of the molecule is N#Cc1ccc(OC2CN(C(=O)c3ccccn3)C2)nc1. The second kappa shape index (κ2) is 5.59. The van der Waals surface area contributed by atoms with Crippen LogP contribution >= 0.6 is 0 Å². The van der Waals surface area contributed by atoms with Crippen LogP contribution in [0.3, 0.4) is 0 Å². The average Bonchev–Trinajstić information content (AvgIpc) is 2.51. The lowest BCUT2D eigenvalue weighted by Crippen LogP contribution is -2.56. The Labute approximate surface area is 121 Å². The predicted molar refractivity (Wildman–Crippen MR) is 73.5 cm³/mol. The minimum Gasteiger partial charge on any atom is -0.471 e. The van der Waals surface area contributed by atoms with Crippen LogP contribution in [0.4, 0.5) is 0 Å². The van der Waals surface area contributed by atoms with E-state index in [1.54, 1.807) is 41.4 Å². The minimum atomic E-state index is -0.0942. The van der Waals surface area contributed by atoms with Gasteiger partial charge < -0.3 is 9.64 Å². The van der Waals surface area contributed by atoms with E-state index in [4.69, 9.17) is 10.00 Å². The number of ether oxygens (including phenoxy) is 1. The van der Waals surface area contributed by atoms with Crippen molar-refractivity contribution in [3.05, 3.63) is 54.0 Å². The van der Waals surface area contributed by atoms with E-state index in [0.717, 1.165) is 0 Å². The molecule has 1 fully saturated rings. The number of pyridine rings is 2. The van der Waals surface area contributed by atoms with E-state index in [1.807, 2.05) is 6.07 Å². The van der Waals surface area contributed by atoms with Gasteiger partial charge in [0.05, 0.1) is 18.7 Å². The lowest BCUT2D eigenvalue weighted by atomic mass is 10.1. The molecule has 6 heteroatoms. The zero-order valence-corrected chi connectivity index (χ0v) is 11.1. The van der Waals surface area contributed by atoms with E-state index in [9.17, 15) is 4.79 Å². The normalized spacial score (nSPS) is 14.1. The van der Waals surface area contributed by atoms with Crippen molar-refractivity contribution in [2.75, 3.05) is 13.1 Å². The predicted octanol–water partition coefficient (Wildman–Crippen LogP) is 1.25. The summed E-state index contributed by atoms with van der Waals surface area (Å²) in [7, 11) is 0. The van der Waals surface area contributed by atoms with Crippen LogP contribution in [0, 0.1) is 11.3 Å². The van der Waals surface area contributed by atoms with Gasteiger partial charge in [0.25, 0.3) is 5.91 Å². The van der Waals surface area contributed by atoms with Gasteiger partial charge in [0.2, 0.25) is 5.88 Å². The molecule has 1 saturated heterocycles. The van der Waals surface area contributed by atoms with Crippen LogP contribution < -0.4 is 4.74 Å². The molecule has 104 valence electrons. The first kappa shape index (κ1) is 13.1. The third kappa shape index (κ3) is 2.82. The molecule has 0 saturated carbocycles. The van der Waals surface area contributed by atoms with Gasteiger partial charge in [0.1, 0.15) is 17.9 Å². The van der Waals surface area contributed by atoms with Gasteiger partial charge in [-0.05, 0) is 18.2 Å². The molecule has 21 heavy (non-hydrogen) atoms. The molecule has 1 aliphatic rings. The summed E-state index contributed by atoms with van der Waals surface area (Å²) in [5.74, 6) is 0.368. The molecule has 0 bridgehead atoms. The van der Waals surface area contributed by atoms with Gasteiger partial charge in [0, 0.05) is 18.5 Å². The molecule has 0 spiro atoms. The summed E-state index contributed by atoms with van der Waals surface area (Å²) < 4.78 is 5.63. The van der Waals surface area contributed by atoms with Crippen molar-refractivity contribution < 1.29 is 9.53 Å². The number of aromatic nitrogens is 2. The van der Waals surface area contributed by atoms with Gasteiger partial charge in [0.15, 0.2) is 0 Å². The third-order valence-corrected chi connectivity index (χ3v) is 3.17. The highest BCUT2D eigenvalue weighted by Crippen LogP contribution is 2.18. The summed E-state index contributed by atoms with van der Waals surface area (Å²) in [6.07, 6.45) is 2.99. The van der Waals surface area contributed by atoms with Gasteiger partial charge >= 0.3 is 0 Å². The Hall–Kier alpha value is -2.94. The average molecular weight is 280 g/mol. The van der Waals surface area contributed by atoms with Crippen LogP contribution in [0.5, 0.6) is 5.88 Å². The molecule has 0 atom stereocenters. The third-order valence-electron chi connectivity index (χ3n) is 3.17. The Morgan fingerprint density at radius 3 is 2.76 bits per heavy atom. The Morgan fingerprint density at radius 2 is 2.14 bits per heavy atom. The number of hydrogen-bond acceptors (Lipinski definition) is 5. The first-order chi connectivity index (χ1) is 10.3. The lowest BCUT2D eigenvalue weighted by Gasteiger charge is -2.38. The topological polar surface area (TPSA) is 79.1 Å². The number of likely N-dealkylation sites (tertiary alicyclic amines) is 1. The van der Waals surface area contributed by atoms with E-state index < -0.39 is 0 Å². The Kier molecular flexibility index (Phi) is 3.48. The molecule has 2 aromatic heterocycles. The van der Waals surface area contributed by atoms with Crippen LogP contribution in [-0.2, 0) is 0 Å². The first-order valence-corrected chi connectivity index (χ1v) is 6.49. The van der Waals surface area contributed by atoms with Crippen molar-refractivity contribution in [1.29, 1.82) is 5.26 Å². The highest BCUT2D eigenvalue weighted by molar-refractivity contribution is 5.92. The summed E-state index contributed by atoms with van der Waals surface area (Å²) in [5.41, 5.74) is 0.926. The van der Waals surface area contributed by atoms with Crippen molar-refractivity contribution in [3.8, 4) is 11.9 Å². The molecule has 0 radical (unpaired) electrons. The molecule has 3 heterocycles. The van der Waals surface area contributed by atoms with Crippen LogP contribution in [0.15, 0.2) is 42.7 Å². The molecule has 1 aliphatic heterocycles. The summed E-state index contributed by atoms with van der Waals surface area (Å²) in [6, 6.07) is 10.6. The number of amides is 1. The van der Waals surface area contributed by atoms with Gasteiger partial charge in [-0.1, -0.05) is 6.07 Å². The molecule has 2 aromatic rings. The number of nitrogens with zero attached hydrogens (tertiary/aromatic N) is 4. The van der Waals surface area contributed by atoms with E-state index in [1.165, 1.54) is 6.20 Å². The molecule has 6 nitrogen and oxygen atoms in total. The largest absolute Gasteiger partial charge is 0.471 e. The number of hydrogen-bond donors (Lipinski definition) is 0. The fourth-order valence-corrected chi connectivity index (χ4v) is 2.02. The van der Waals surface area contributed by atoms with Crippen LogP contribution in [0.25, 0.3) is 0 Å². The molecular weight excluding hydrogens is 268 g/mol. The second-order valence-electron chi connectivity index (χ2n) is 4.66. The fraction of sp³-hybridized carbons (Fsp3) is 0.200. The van der Waals surface area contributed by atoms with Gasteiger partial charge in [-0.15, -0.1) is 0 Å². The Bertz CT molecular complexity index is 673. The number of carbonyl (C=O) groups excluding carboxylic acids is 1. The lowest BCUT2D eigenvalue weighted by molar-refractivity contribution is 0.0156. The highest BCUT2D eigenvalue weighted by atomic mass is 16.5. The Morgan fingerprint density at radius 1 is 1.29 bits per heavy atom. The summed E-state index contributed by atoms with van der Waals surface area (Å²) in [5, 5.41) is 8.69.